The van der Waals surface area contributed by atoms with Crippen LogP contribution >= 0.6 is 0 Å². The lowest BCUT2D eigenvalue weighted by Gasteiger charge is -2.20. The minimum absolute atomic E-state index is 0.0913. The molecule has 2 N–H and O–H groups in total. The van der Waals surface area contributed by atoms with Crippen LogP contribution in [0.3, 0.4) is 0 Å². The lowest BCUT2D eigenvalue weighted by Crippen LogP contribution is -2.13. The first-order chi connectivity index (χ1) is 7.06. The topological polar surface area (TPSA) is 26.0 Å². The molecule has 0 aliphatic heterocycles. The van der Waals surface area contributed by atoms with Gasteiger partial charge in [-0.2, -0.15) is 0 Å². The molecule has 1 nitrogen and oxygen atoms in total. The molecule has 0 spiro atoms. The second-order valence-corrected chi connectivity index (χ2v) is 4.37. The predicted octanol–water partition coefficient (Wildman–Crippen LogP) is 3.22. The highest BCUT2D eigenvalue weighted by Crippen LogP contribution is 2.28. The van der Waals surface area contributed by atoms with Crippen molar-refractivity contribution in [2.75, 3.05) is 6.54 Å². The third-order valence-electron chi connectivity index (χ3n) is 3.12. The van der Waals surface area contributed by atoms with Crippen molar-refractivity contribution in [1.82, 2.24) is 0 Å². The molecule has 0 saturated carbocycles. The predicted molar refractivity (Wildman–Crippen MR) is 62.4 cm³/mol. The second kappa shape index (κ2) is 5.26. The van der Waals surface area contributed by atoms with E-state index in [1.54, 1.807) is 6.07 Å². The average molecular weight is 209 g/mol. The molecule has 0 bridgehead atoms. The summed E-state index contributed by atoms with van der Waals surface area (Å²) in [6.07, 6.45) is 0.939. The number of rotatable bonds is 4. The number of benzene rings is 1. The molecule has 2 heteroatoms. The van der Waals surface area contributed by atoms with Crippen LogP contribution in [-0.4, -0.2) is 6.54 Å². The van der Waals surface area contributed by atoms with Gasteiger partial charge >= 0.3 is 0 Å². The summed E-state index contributed by atoms with van der Waals surface area (Å²) < 4.78 is 13.7. The van der Waals surface area contributed by atoms with E-state index in [0.29, 0.717) is 12.5 Å². The zero-order valence-corrected chi connectivity index (χ0v) is 9.76. The van der Waals surface area contributed by atoms with Gasteiger partial charge in [0.15, 0.2) is 0 Å². The van der Waals surface area contributed by atoms with Crippen molar-refractivity contribution < 1.29 is 4.39 Å². The Bertz CT molecular complexity index is 322. The summed E-state index contributed by atoms with van der Waals surface area (Å²) >= 11 is 0. The highest BCUT2D eigenvalue weighted by atomic mass is 19.1. The van der Waals surface area contributed by atoms with Crippen LogP contribution in [0.1, 0.15) is 37.3 Å². The van der Waals surface area contributed by atoms with Gasteiger partial charge in [-0.25, -0.2) is 4.39 Å². The van der Waals surface area contributed by atoms with E-state index >= 15 is 0 Å². The van der Waals surface area contributed by atoms with Crippen molar-refractivity contribution in [3.05, 3.63) is 35.1 Å². The maximum Gasteiger partial charge on any atom is 0.126 e. The lowest BCUT2D eigenvalue weighted by molar-refractivity contribution is 0.443. The minimum Gasteiger partial charge on any atom is -0.330 e. The van der Waals surface area contributed by atoms with Crippen molar-refractivity contribution >= 4 is 0 Å². The summed E-state index contributed by atoms with van der Waals surface area (Å²) in [5.74, 6) is 0.563. The number of aryl methyl sites for hydroxylation is 1. The summed E-state index contributed by atoms with van der Waals surface area (Å²) in [5, 5.41) is 0. The van der Waals surface area contributed by atoms with Crippen LogP contribution in [-0.2, 0) is 0 Å². The van der Waals surface area contributed by atoms with Gasteiger partial charge in [0.25, 0.3) is 0 Å². The fourth-order valence-electron chi connectivity index (χ4n) is 1.82. The smallest absolute Gasteiger partial charge is 0.126 e. The fraction of sp³-hybridized carbons (Fsp3) is 0.538. The molecule has 0 fully saturated rings. The van der Waals surface area contributed by atoms with Crippen LogP contribution in [0.2, 0.25) is 0 Å². The number of halogens is 1. The molecule has 15 heavy (non-hydrogen) atoms. The zero-order valence-electron chi connectivity index (χ0n) is 9.76. The van der Waals surface area contributed by atoms with Crippen molar-refractivity contribution in [2.24, 2.45) is 11.7 Å². The van der Waals surface area contributed by atoms with Crippen LogP contribution in [0.15, 0.2) is 18.2 Å². The quantitative estimate of drug-likeness (QED) is 0.809. The Kier molecular flexibility index (Phi) is 4.28. The van der Waals surface area contributed by atoms with Crippen LogP contribution < -0.4 is 5.73 Å². The van der Waals surface area contributed by atoms with Crippen LogP contribution in [0, 0.1) is 18.7 Å². The van der Waals surface area contributed by atoms with E-state index in [1.807, 2.05) is 19.1 Å². The van der Waals surface area contributed by atoms with E-state index < -0.39 is 0 Å². The molecule has 0 amide bonds. The summed E-state index contributed by atoms with van der Waals surface area (Å²) in [6, 6.07) is 5.45. The Hall–Kier alpha value is -0.890. The Morgan fingerprint density at radius 2 is 2.00 bits per heavy atom. The van der Waals surface area contributed by atoms with E-state index in [0.717, 1.165) is 17.5 Å². The Labute approximate surface area is 91.5 Å². The first-order valence-electron chi connectivity index (χ1n) is 5.52. The molecular weight excluding hydrogens is 189 g/mol. The van der Waals surface area contributed by atoms with E-state index in [2.05, 4.69) is 13.8 Å². The minimum atomic E-state index is -0.0913. The van der Waals surface area contributed by atoms with E-state index in [4.69, 9.17) is 5.73 Å². The summed E-state index contributed by atoms with van der Waals surface area (Å²) in [7, 11) is 0. The highest BCUT2D eigenvalue weighted by molar-refractivity contribution is 5.26. The Morgan fingerprint density at radius 3 is 2.53 bits per heavy atom. The van der Waals surface area contributed by atoms with Crippen LogP contribution in [0.4, 0.5) is 4.39 Å². The SMILES string of the molecule is Cc1ccc(C(C)C(C)CCN)c(F)c1. The molecular formula is C13H20FN. The van der Waals surface area contributed by atoms with Gasteiger partial charge in [0.1, 0.15) is 5.82 Å². The van der Waals surface area contributed by atoms with Crippen LogP contribution in [0.25, 0.3) is 0 Å². The molecule has 2 unspecified atom stereocenters. The lowest BCUT2D eigenvalue weighted by atomic mass is 9.86. The molecule has 0 saturated heterocycles. The number of hydrogen-bond acceptors (Lipinski definition) is 1. The fourth-order valence-corrected chi connectivity index (χ4v) is 1.82. The summed E-state index contributed by atoms with van der Waals surface area (Å²) in [4.78, 5) is 0. The molecule has 0 aliphatic rings. The first kappa shape index (κ1) is 12.2. The van der Waals surface area contributed by atoms with Gasteiger partial charge in [-0.15, -0.1) is 0 Å². The summed E-state index contributed by atoms with van der Waals surface area (Å²) in [5.41, 5.74) is 7.29. The second-order valence-electron chi connectivity index (χ2n) is 4.37. The van der Waals surface area contributed by atoms with Crippen molar-refractivity contribution in [2.45, 2.75) is 33.1 Å². The molecule has 0 aliphatic carbocycles. The molecule has 0 radical (unpaired) electrons. The maximum atomic E-state index is 13.7. The van der Waals surface area contributed by atoms with Gasteiger partial charge in [0.05, 0.1) is 0 Å². The van der Waals surface area contributed by atoms with Gasteiger partial charge in [-0.05, 0) is 48.9 Å². The first-order valence-corrected chi connectivity index (χ1v) is 5.52. The van der Waals surface area contributed by atoms with Crippen molar-refractivity contribution in [3.63, 3.8) is 0 Å². The molecule has 1 rings (SSSR count). The Balaban J connectivity index is 2.86. The summed E-state index contributed by atoms with van der Waals surface area (Å²) in [6.45, 7) is 6.75. The van der Waals surface area contributed by atoms with Crippen molar-refractivity contribution in [1.29, 1.82) is 0 Å². The molecule has 1 aromatic rings. The van der Waals surface area contributed by atoms with Crippen molar-refractivity contribution in [3.8, 4) is 0 Å². The Morgan fingerprint density at radius 1 is 1.33 bits per heavy atom. The third-order valence-corrected chi connectivity index (χ3v) is 3.12. The largest absolute Gasteiger partial charge is 0.330 e. The number of nitrogens with two attached hydrogens (primary N) is 1. The standard InChI is InChI=1S/C13H20FN/c1-9-4-5-12(13(14)8-9)11(3)10(2)6-7-15/h4-5,8,10-11H,6-7,15H2,1-3H3. The molecule has 1 aromatic carbocycles. The van der Waals surface area contributed by atoms with Gasteiger partial charge in [-0.1, -0.05) is 26.0 Å². The van der Waals surface area contributed by atoms with Gasteiger partial charge in [0.2, 0.25) is 0 Å². The van der Waals surface area contributed by atoms with Gasteiger partial charge < -0.3 is 5.73 Å². The zero-order chi connectivity index (χ0) is 11.4. The van der Waals surface area contributed by atoms with Gasteiger partial charge in [-0.3, -0.25) is 0 Å². The highest BCUT2D eigenvalue weighted by Gasteiger charge is 2.16. The van der Waals surface area contributed by atoms with Gasteiger partial charge in [0, 0.05) is 0 Å². The molecule has 84 valence electrons. The normalized spacial score (nSPS) is 15.0. The average Bonchev–Trinajstić information content (AvgIpc) is 2.17. The molecule has 0 heterocycles. The van der Waals surface area contributed by atoms with E-state index in [1.165, 1.54) is 0 Å². The van der Waals surface area contributed by atoms with Crippen LogP contribution in [0.5, 0.6) is 0 Å². The molecule has 2 atom stereocenters. The van der Waals surface area contributed by atoms with E-state index in [9.17, 15) is 4.39 Å². The maximum absolute atomic E-state index is 13.7. The third kappa shape index (κ3) is 3.03. The monoisotopic (exact) mass is 209 g/mol. The molecule has 0 aromatic heterocycles. The van der Waals surface area contributed by atoms with E-state index in [-0.39, 0.29) is 11.7 Å². The number of hydrogen-bond donors (Lipinski definition) is 1.